The highest BCUT2D eigenvalue weighted by Crippen LogP contribution is 2.39. The van der Waals surface area contributed by atoms with Gasteiger partial charge in [-0.15, -0.1) is 0 Å². The van der Waals surface area contributed by atoms with Crippen molar-refractivity contribution in [3.8, 4) is 6.07 Å². The van der Waals surface area contributed by atoms with Gasteiger partial charge in [-0.1, -0.05) is 65.7 Å². The Morgan fingerprint density at radius 3 is 2.52 bits per heavy atom. The molecule has 0 bridgehead atoms. The zero-order valence-corrected chi connectivity index (χ0v) is 12.6. The molecule has 104 valence electrons. The molecule has 1 aliphatic rings. The first kappa shape index (κ1) is 14.1. The molecule has 2 nitrogen and oxygen atoms in total. The van der Waals surface area contributed by atoms with Crippen molar-refractivity contribution in [2.75, 3.05) is 0 Å². The third kappa shape index (κ3) is 2.68. The van der Waals surface area contributed by atoms with Crippen LogP contribution in [0.5, 0.6) is 0 Å². The number of rotatable bonds is 2. The first-order chi connectivity index (χ1) is 10.2. The van der Waals surface area contributed by atoms with E-state index in [1.54, 1.807) is 6.07 Å². The molecule has 1 aliphatic heterocycles. The molecule has 0 radical (unpaired) electrons. The van der Waals surface area contributed by atoms with E-state index in [1.165, 1.54) is 0 Å². The zero-order valence-electron chi connectivity index (χ0n) is 11.1. The van der Waals surface area contributed by atoms with Gasteiger partial charge in [0.2, 0.25) is 0 Å². The van der Waals surface area contributed by atoms with Crippen LogP contribution in [0.15, 0.2) is 53.5 Å². The summed E-state index contributed by atoms with van der Waals surface area (Å²) in [5.74, 6) is -0.0450. The molecule has 0 N–H and O–H groups in total. The van der Waals surface area contributed by atoms with Crippen LogP contribution in [0.4, 0.5) is 0 Å². The second-order valence-electron chi connectivity index (χ2n) is 4.97. The van der Waals surface area contributed by atoms with Gasteiger partial charge >= 0.3 is 0 Å². The predicted molar refractivity (Wildman–Crippen MR) is 86.2 cm³/mol. The summed E-state index contributed by atoms with van der Waals surface area (Å²) in [6, 6.07) is 17.3. The molecule has 1 heterocycles. The standard InChI is InChI=1S/C17H12Cl2N2/c18-14-8-4-7-12(17(14)19)13-9-15(21-16(13)10-20)11-5-2-1-3-6-11/h1-8,13,16H,9H2/t13-,16?/m1/s1. The highest BCUT2D eigenvalue weighted by Gasteiger charge is 2.32. The van der Waals surface area contributed by atoms with Crippen molar-refractivity contribution in [1.82, 2.24) is 0 Å². The van der Waals surface area contributed by atoms with Gasteiger partial charge in [-0.3, -0.25) is 4.99 Å². The van der Waals surface area contributed by atoms with Crippen molar-refractivity contribution < 1.29 is 0 Å². The Morgan fingerprint density at radius 2 is 1.81 bits per heavy atom. The Labute approximate surface area is 133 Å². The molecule has 0 spiro atoms. The average Bonchev–Trinajstić information content (AvgIpc) is 2.95. The van der Waals surface area contributed by atoms with Gasteiger partial charge in [0.25, 0.3) is 0 Å². The quantitative estimate of drug-likeness (QED) is 0.779. The van der Waals surface area contributed by atoms with Crippen LogP contribution in [-0.2, 0) is 0 Å². The van der Waals surface area contributed by atoms with Crippen molar-refractivity contribution in [1.29, 1.82) is 5.26 Å². The highest BCUT2D eigenvalue weighted by molar-refractivity contribution is 6.42. The van der Waals surface area contributed by atoms with Crippen molar-refractivity contribution in [3.63, 3.8) is 0 Å². The van der Waals surface area contributed by atoms with Crippen molar-refractivity contribution in [2.24, 2.45) is 4.99 Å². The van der Waals surface area contributed by atoms with Crippen LogP contribution < -0.4 is 0 Å². The number of hydrogen-bond donors (Lipinski definition) is 0. The summed E-state index contributed by atoms with van der Waals surface area (Å²) in [5, 5.41) is 10.4. The van der Waals surface area contributed by atoms with Gasteiger partial charge in [0.05, 0.1) is 16.1 Å². The van der Waals surface area contributed by atoms with Gasteiger partial charge in [-0.25, -0.2) is 0 Å². The van der Waals surface area contributed by atoms with Gasteiger partial charge in [0.1, 0.15) is 6.04 Å². The maximum absolute atomic E-state index is 9.39. The lowest BCUT2D eigenvalue weighted by Crippen LogP contribution is -2.10. The summed E-state index contributed by atoms with van der Waals surface area (Å²) in [7, 11) is 0. The molecular formula is C17H12Cl2N2. The maximum atomic E-state index is 9.39. The van der Waals surface area contributed by atoms with Gasteiger partial charge in [-0.05, 0) is 23.6 Å². The first-order valence-corrected chi connectivity index (χ1v) is 7.42. The average molecular weight is 315 g/mol. The number of aliphatic imine (C=N–C) groups is 1. The molecule has 21 heavy (non-hydrogen) atoms. The lowest BCUT2D eigenvalue weighted by Gasteiger charge is -2.15. The first-order valence-electron chi connectivity index (χ1n) is 6.66. The summed E-state index contributed by atoms with van der Waals surface area (Å²) in [4.78, 5) is 4.56. The van der Waals surface area contributed by atoms with E-state index in [0.717, 1.165) is 16.8 Å². The molecule has 0 amide bonds. The maximum Gasteiger partial charge on any atom is 0.144 e. The molecule has 1 unspecified atom stereocenters. The highest BCUT2D eigenvalue weighted by atomic mass is 35.5. The third-order valence-corrected chi connectivity index (χ3v) is 4.54. The Balaban J connectivity index is 1.97. The van der Waals surface area contributed by atoms with Crippen LogP contribution in [0, 0.1) is 11.3 Å². The Kier molecular flexibility index (Phi) is 3.96. The largest absolute Gasteiger partial charge is 0.270 e. The Hall–Kier alpha value is -1.82. The van der Waals surface area contributed by atoms with Crippen molar-refractivity contribution in [3.05, 3.63) is 69.7 Å². The van der Waals surface area contributed by atoms with E-state index in [-0.39, 0.29) is 5.92 Å². The molecule has 0 aliphatic carbocycles. The van der Waals surface area contributed by atoms with Crippen LogP contribution in [0.1, 0.15) is 23.5 Å². The fourth-order valence-electron chi connectivity index (χ4n) is 2.66. The molecule has 0 fully saturated rings. The molecule has 0 aromatic heterocycles. The van der Waals surface area contributed by atoms with Crippen molar-refractivity contribution >= 4 is 28.9 Å². The van der Waals surface area contributed by atoms with Gasteiger partial charge in [0.15, 0.2) is 0 Å². The molecule has 2 aromatic rings. The topological polar surface area (TPSA) is 36.1 Å². The van der Waals surface area contributed by atoms with Crippen LogP contribution in [-0.4, -0.2) is 11.8 Å². The van der Waals surface area contributed by atoms with Gasteiger partial charge in [0, 0.05) is 11.6 Å². The molecule has 4 heteroatoms. The SMILES string of the molecule is N#CC1N=C(c2ccccc2)C[C@@H]1c1cccc(Cl)c1Cl. The van der Waals surface area contributed by atoms with E-state index in [4.69, 9.17) is 23.2 Å². The summed E-state index contributed by atoms with van der Waals surface area (Å²) in [6.45, 7) is 0. The summed E-state index contributed by atoms with van der Waals surface area (Å²) >= 11 is 12.4. The predicted octanol–water partition coefficient (Wildman–Crippen LogP) is 4.86. The van der Waals surface area contributed by atoms with Crippen LogP contribution >= 0.6 is 23.2 Å². The second kappa shape index (κ2) is 5.89. The van der Waals surface area contributed by atoms with Crippen molar-refractivity contribution in [2.45, 2.75) is 18.4 Å². The molecular weight excluding hydrogens is 303 g/mol. The van der Waals surface area contributed by atoms with Gasteiger partial charge < -0.3 is 0 Å². The minimum absolute atomic E-state index is 0.0450. The minimum Gasteiger partial charge on any atom is -0.270 e. The van der Waals surface area contributed by atoms with E-state index < -0.39 is 6.04 Å². The lowest BCUT2D eigenvalue weighted by molar-refractivity contribution is 0.687. The normalized spacial score (nSPS) is 20.9. The summed E-state index contributed by atoms with van der Waals surface area (Å²) in [5.41, 5.74) is 2.90. The lowest BCUT2D eigenvalue weighted by atomic mass is 9.89. The second-order valence-corrected chi connectivity index (χ2v) is 5.75. The van der Waals surface area contributed by atoms with Crippen LogP contribution in [0.25, 0.3) is 0 Å². The fourth-order valence-corrected chi connectivity index (χ4v) is 3.11. The molecule has 0 saturated carbocycles. The molecule has 0 saturated heterocycles. The van der Waals surface area contributed by atoms with Crippen LogP contribution in [0.2, 0.25) is 10.0 Å². The number of nitriles is 1. The number of halogens is 2. The monoisotopic (exact) mass is 314 g/mol. The van der Waals surface area contributed by atoms with E-state index in [2.05, 4.69) is 11.1 Å². The Morgan fingerprint density at radius 1 is 1.05 bits per heavy atom. The summed E-state index contributed by atoms with van der Waals surface area (Å²) in [6.07, 6.45) is 0.697. The summed E-state index contributed by atoms with van der Waals surface area (Å²) < 4.78 is 0. The van der Waals surface area contributed by atoms with E-state index in [9.17, 15) is 5.26 Å². The molecule has 2 atom stereocenters. The number of hydrogen-bond acceptors (Lipinski definition) is 2. The molecule has 2 aromatic carbocycles. The minimum atomic E-state index is -0.420. The van der Waals surface area contributed by atoms with E-state index in [0.29, 0.717) is 16.5 Å². The number of nitrogens with zero attached hydrogens (tertiary/aromatic N) is 2. The van der Waals surface area contributed by atoms with E-state index in [1.807, 2.05) is 42.5 Å². The molecule has 3 rings (SSSR count). The van der Waals surface area contributed by atoms with Crippen LogP contribution in [0.3, 0.4) is 0 Å². The van der Waals surface area contributed by atoms with E-state index >= 15 is 0 Å². The van der Waals surface area contributed by atoms with Gasteiger partial charge in [-0.2, -0.15) is 5.26 Å². The Bertz CT molecular complexity index is 732. The fraction of sp³-hybridized carbons (Fsp3) is 0.176. The number of benzene rings is 2. The smallest absolute Gasteiger partial charge is 0.144 e. The third-order valence-electron chi connectivity index (χ3n) is 3.71. The zero-order chi connectivity index (χ0) is 14.8.